The lowest BCUT2D eigenvalue weighted by atomic mass is 10.3. The summed E-state index contributed by atoms with van der Waals surface area (Å²) in [6, 6.07) is 1.50. The molecule has 0 spiro atoms. The summed E-state index contributed by atoms with van der Waals surface area (Å²) in [4.78, 5) is 11.4. The number of rotatable bonds is 4. The number of anilines is 1. The quantitative estimate of drug-likeness (QED) is 0.487. The number of amides is 1. The molecule has 0 fully saturated rings. The second-order valence-corrected chi connectivity index (χ2v) is 2.82. The van der Waals surface area contributed by atoms with E-state index in [1.54, 1.807) is 0 Å². The van der Waals surface area contributed by atoms with E-state index >= 15 is 0 Å². The summed E-state index contributed by atoms with van der Waals surface area (Å²) in [5.74, 6) is 0.141. The topological polar surface area (TPSA) is 83.8 Å². The molecule has 5 nitrogen and oxygen atoms in total. The number of hydrogen-bond acceptors (Lipinski definition) is 3. The molecule has 1 amide bonds. The van der Waals surface area contributed by atoms with Gasteiger partial charge in [0.1, 0.15) is 11.5 Å². The molecule has 0 aliphatic rings. The number of hydrogen-bond donors (Lipinski definition) is 3. The van der Waals surface area contributed by atoms with Gasteiger partial charge in [0.2, 0.25) is 0 Å². The molecule has 4 N–H and O–H groups in total. The second kappa shape index (κ2) is 5.06. The molecule has 0 unspecified atom stereocenters. The van der Waals surface area contributed by atoms with Gasteiger partial charge in [0.05, 0.1) is 0 Å². The van der Waals surface area contributed by atoms with E-state index in [9.17, 15) is 4.79 Å². The van der Waals surface area contributed by atoms with Gasteiger partial charge >= 0.3 is 0 Å². The van der Waals surface area contributed by atoms with E-state index < -0.39 is 0 Å². The molecule has 1 aromatic rings. The third-order valence-electron chi connectivity index (χ3n) is 1.67. The van der Waals surface area contributed by atoms with Gasteiger partial charge in [-0.2, -0.15) is 5.10 Å². The monoisotopic (exact) mass is 194 g/mol. The van der Waals surface area contributed by atoms with Crippen molar-refractivity contribution in [3.63, 3.8) is 0 Å². The Hall–Kier alpha value is -1.78. The van der Waals surface area contributed by atoms with Gasteiger partial charge in [0.25, 0.3) is 5.91 Å². The largest absolute Gasteiger partial charge is 0.382 e. The van der Waals surface area contributed by atoms with Crippen molar-refractivity contribution in [3.8, 4) is 0 Å². The number of nitrogen functional groups attached to an aromatic ring is 1. The fourth-order valence-corrected chi connectivity index (χ4v) is 0.984. The zero-order valence-corrected chi connectivity index (χ0v) is 8.08. The van der Waals surface area contributed by atoms with Crippen LogP contribution in [0.2, 0.25) is 0 Å². The Bertz CT molecular complexity index is 329. The van der Waals surface area contributed by atoms with Crippen molar-refractivity contribution in [2.24, 2.45) is 0 Å². The summed E-state index contributed by atoms with van der Waals surface area (Å²) in [5, 5.41) is 8.93. The van der Waals surface area contributed by atoms with Crippen molar-refractivity contribution in [3.05, 3.63) is 23.9 Å². The minimum atomic E-state index is -0.182. The van der Waals surface area contributed by atoms with Gasteiger partial charge in [-0.05, 0) is 13.3 Å². The molecule has 5 heteroatoms. The lowest BCUT2D eigenvalue weighted by Gasteiger charge is -1.99. The van der Waals surface area contributed by atoms with E-state index in [0.717, 1.165) is 6.42 Å². The summed E-state index contributed by atoms with van der Waals surface area (Å²) >= 11 is 0. The summed E-state index contributed by atoms with van der Waals surface area (Å²) in [6.45, 7) is 2.56. The average molecular weight is 194 g/mol. The number of carbonyl (C=O) groups is 1. The number of nitrogens with one attached hydrogen (secondary N) is 2. The Kier molecular flexibility index (Phi) is 3.72. The molecule has 1 heterocycles. The van der Waals surface area contributed by atoms with Crippen LogP contribution in [0.1, 0.15) is 23.8 Å². The maximum atomic E-state index is 11.4. The number of H-pyrrole nitrogens is 1. The van der Waals surface area contributed by atoms with Crippen LogP contribution in [0.15, 0.2) is 18.2 Å². The number of allylic oxidation sites excluding steroid dienone is 1. The molecular formula is C9H14N4O. The molecule has 0 radical (unpaired) electrons. The van der Waals surface area contributed by atoms with Crippen molar-refractivity contribution in [2.45, 2.75) is 13.3 Å². The Labute approximate surface area is 82.4 Å². The van der Waals surface area contributed by atoms with Crippen LogP contribution >= 0.6 is 0 Å². The van der Waals surface area contributed by atoms with Gasteiger partial charge in [-0.1, -0.05) is 12.2 Å². The molecule has 0 bridgehead atoms. The van der Waals surface area contributed by atoms with Crippen molar-refractivity contribution in [1.82, 2.24) is 15.5 Å². The maximum absolute atomic E-state index is 11.4. The Morgan fingerprint density at radius 3 is 3.14 bits per heavy atom. The summed E-state index contributed by atoms with van der Waals surface area (Å²) in [7, 11) is 0. The predicted octanol–water partition coefficient (Wildman–Crippen LogP) is 0.688. The van der Waals surface area contributed by atoms with Gasteiger partial charge in [-0.15, -0.1) is 0 Å². The van der Waals surface area contributed by atoms with Crippen molar-refractivity contribution in [1.29, 1.82) is 0 Å². The summed E-state index contributed by atoms with van der Waals surface area (Å²) < 4.78 is 0. The van der Waals surface area contributed by atoms with E-state index in [-0.39, 0.29) is 5.91 Å². The molecule has 0 saturated heterocycles. The van der Waals surface area contributed by atoms with Crippen LogP contribution in [-0.2, 0) is 0 Å². The van der Waals surface area contributed by atoms with Crippen LogP contribution in [0, 0.1) is 0 Å². The van der Waals surface area contributed by atoms with Gasteiger partial charge in [-0.3, -0.25) is 9.89 Å². The standard InChI is InChI=1S/C9H14N4O/c1-2-3-4-5-11-9(14)7-6-8(10)13-12-7/h2-3,6H,4-5H2,1H3,(H,11,14)(H3,10,12,13)/b3-2+. The third-order valence-corrected chi connectivity index (χ3v) is 1.67. The molecule has 14 heavy (non-hydrogen) atoms. The van der Waals surface area contributed by atoms with Gasteiger partial charge in [-0.25, -0.2) is 0 Å². The molecule has 0 aliphatic carbocycles. The number of nitrogens with two attached hydrogens (primary N) is 1. The van der Waals surface area contributed by atoms with Gasteiger partial charge in [0.15, 0.2) is 0 Å². The Morgan fingerprint density at radius 1 is 1.79 bits per heavy atom. The summed E-state index contributed by atoms with van der Waals surface area (Å²) in [5.41, 5.74) is 5.75. The lowest BCUT2D eigenvalue weighted by molar-refractivity contribution is 0.0949. The normalized spacial score (nSPS) is 10.6. The fraction of sp³-hybridized carbons (Fsp3) is 0.333. The van der Waals surface area contributed by atoms with Gasteiger partial charge < -0.3 is 11.1 Å². The highest BCUT2D eigenvalue weighted by atomic mass is 16.1. The molecule has 0 aromatic carbocycles. The highest BCUT2D eigenvalue weighted by molar-refractivity contribution is 5.92. The van der Waals surface area contributed by atoms with Crippen LogP contribution in [-0.4, -0.2) is 22.6 Å². The molecule has 0 saturated carbocycles. The first-order chi connectivity index (χ1) is 6.74. The fourth-order valence-electron chi connectivity index (χ4n) is 0.984. The number of aromatic nitrogens is 2. The van der Waals surface area contributed by atoms with Crippen LogP contribution in [0.5, 0.6) is 0 Å². The minimum absolute atomic E-state index is 0.182. The minimum Gasteiger partial charge on any atom is -0.382 e. The predicted molar refractivity (Wildman–Crippen MR) is 54.8 cm³/mol. The van der Waals surface area contributed by atoms with Crippen LogP contribution in [0.3, 0.4) is 0 Å². The van der Waals surface area contributed by atoms with E-state index in [1.807, 2.05) is 19.1 Å². The third kappa shape index (κ3) is 2.93. The first kappa shape index (κ1) is 10.3. The molecule has 0 aliphatic heterocycles. The number of carbonyl (C=O) groups excluding carboxylic acids is 1. The first-order valence-electron chi connectivity index (χ1n) is 4.44. The molecule has 0 atom stereocenters. The highest BCUT2D eigenvalue weighted by Gasteiger charge is 2.06. The van der Waals surface area contributed by atoms with E-state index in [1.165, 1.54) is 6.07 Å². The maximum Gasteiger partial charge on any atom is 0.269 e. The first-order valence-corrected chi connectivity index (χ1v) is 4.44. The van der Waals surface area contributed by atoms with Crippen molar-refractivity contribution >= 4 is 11.7 Å². The van der Waals surface area contributed by atoms with E-state index in [0.29, 0.717) is 18.1 Å². The number of nitrogens with zero attached hydrogens (tertiary/aromatic N) is 1. The van der Waals surface area contributed by atoms with Crippen molar-refractivity contribution in [2.75, 3.05) is 12.3 Å². The highest BCUT2D eigenvalue weighted by Crippen LogP contribution is 1.99. The van der Waals surface area contributed by atoms with Crippen LogP contribution < -0.4 is 11.1 Å². The molecular weight excluding hydrogens is 180 g/mol. The van der Waals surface area contributed by atoms with E-state index in [2.05, 4.69) is 15.5 Å². The van der Waals surface area contributed by atoms with Crippen LogP contribution in [0.4, 0.5) is 5.82 Å². The molecule has 1 rings (SSSR count). The summed E-state index contributed by atoms with van der Waals surface area (Å²) in [6.07, 6.45) is 4.76. The smallest absolute Gasteiger partial charge is 0.269 e. The zero-order valence-electron chi connectivity index (χ0n) is 8.08. The van der Waals surface area contributed by atoms with Crippen molar-refractivity contribution < 1.29 is 4.79 Å². The Balaban J connectivity index is 2.35. The lowest BCUT2D eigenvalue weighted by Crippen LogP contribution is -2.24. The average Bonchev–Trinajstić information content (AvgIpc) is 2.59. The second-order valence-electron chi connectivity index (χ2n) is 2.82. The SMILES string of the molecule is C/C=C/CCNC(=O)c1cc(N)n[nH]1. The number of aromatic amines is 1. The molecule has 76 valence electrons. The molecule has 1 aromatic heterocycles. The Morgan fingerprint density at radius 2 is 2.57 bits per heavy atom. The van der Waals surface area contributed by atoms with Crippen LogP contribution in [0.25, 0.3) is 0 Å². The van der Waals surface area contributed by atoms with Gasteiger partial charge in [0, 0.05) is 12.6 Å². The zero-order chi connectivity index (χ0) is 10.4. The van der Waals surface area contributed by atoms with E-state index in [4.69, 9.17) is 5.73 Å².